The minimum Gasteiger partial charge on any atom is -0.258 e. The fourth-order valence-electron chi connectivity index (χ4n) is 0.905. The lowest BCUT2D eigenvalue weighted by Gasteiger charge is -2.17. The molecule has 0 bridgehead atoms. The van der Waals surface area contributed by atoms with Crippen LogP contribution in [-0.4, -0.2) is 9.73 Å². The molecule has 2 nitrogen and oxygen atoms in total. The van der Waals surface area contributed by atoms with Gasteiger partial charge in [-0.15, -0.1) is 0 Å². The Kier molecular flexibility index (Phi) is 4.37. The van der Waals surface area contributed by atoms with Crippen molar-refractivity contribution in [2.24, 2.45) is 0 Å². The molecule has 0 saturated carbocycles. The normalized spacial score (nSPS) is 11.8. The Labute approximate surface area is 98.8 Å². The molecule has 0 unspecified atom stereocenters. The molecule has 1 rings (SSSR count). The molecule has 1 aromatic heterocycles. The van der Waals surface area contributed by atoms with Gasteiger partial charge in [0.25, 0.3) is 0 Å². The molecule has 0 aliphatic rings. The molecule has 0 spiro atoms. The highest BCUT2D eigenvalue weighted by atomic mass is 35.5. The van der Waals surface area contributed by atoms with E-state index in [0.717, 1.165) is 0 Å². The molecule has 0 saturated heterocycles. The van der Waals surface area contributed by atoms with E-state index in [1.165, 1.54) is 12.3 Å². The van der Waals surface area contributed by atoms with Crippen molar-refractivity contribution in [1.29, 1.82) is 0 Å². The van der Waals surface area contributed by atoms with Gasteiger partial charge in [-0.3, -0.25) is 9.71 Å². The summed E-state index contributed by atoms with van der Waals surface area (Å²) in [6, 6.07) is 1.44. The van der Waals surface area contributed by atoms with Crippen LogP contribution in [0, 0.1) is 5.82 Å². The van der Waals surface area contributed by atoms with E-state index in [0.29, 0.717) is 12.2 Å². The van der Waals surface area contributed by atoms with E-state index in [1.54, 1.807) is 11.9 Å². The molecule has 0 radical (unpaired) electrons. The topological polar surface area (TPSA) is 24.9 Å². The maximum atomic E-state index is 13.4. The van der Waals surface area contributed by atoms with E-state index < -0.39 is 5.82 Å². The van der Waals surface area contributed by atoms with Gasteiger partial charge in [0.15, 0.2) is 5.82 Å². The Morgan fingerprint density at radius 2 is 2.20 bits per heavy atom. The van der Waals surface area contributed by atoms with Gasteiger partial charge < -0.3 is 0 Å². The van der Waals surface area contributed by atoms with Gasteiger partial charge in [0, 0.05) is 10.9 Å². The van der Waals surface area contributed by atoms with Crippen LogP contribution in [0.4, 0.5) is 4.39 Å². The van der Waals surface area contributed by atoms with Gasteiger partial charge in [-0.1, -0.05) is 23.5 Å². The monoisotopic (exact) mass is 248 g/mol. The van der Waals surface area contributed by atoms with Crippen LogP contribution in [-0.2, 0) is 6.54 Å². The second kappa shape index (κ2) is 5.14. The summed E-state index contributed by atoms with van der Waals surface area (Å²) in [4.78, 5) is 3.92. The van der Waals surface area contributed by atoms with Crippen LogP contribution in [0.1, 0.15) is 26.5 Å². The lowest BCUT2D eigenvalue weighted by Crippen LogP contribution is -2.17. The number of aromatic nitrogens is 1. The largest absolute Gasteiger partial charge is 0.258 e. The van der Waals surface area contributed by atoms with Gasteiger partial charge in [-0.25, -0.2) is 4.39 Å². The van der Waals surface area contributed by atoms with Gasteiger partial charge >= 0.3 is 0 Å². The van der Waals surface area contributed by atoms with Crippen molar-refractivity contribution in [3.63, 3.8) is 0 Å². The minimum absolute atomic E-state index is 0.0923. The van der Waals surface area contributed by atoms with Crippen LogP contribution in [0.25, 0.3) is 0 Å². The molecule has 1 N–H and O–H groups in total. The molecule has 1 aromatic rings. The molecule has 0 aromatic carbocycles. The summed E-state index contributed by atoms with van der Waals surface area (Å²) in [5.74, 6) is -0.443. The van der Waals surface area contributed by atoms with Crippen molar-refractivity contribution in [2.75, 3.05) is 0 Å². The molecule has 0 aliphatic heterocycles. The molecular weight excluding hydrogens is 235 g/mol. The Morgan fingerprint density at radius 1 is 1.53 bits per heavy atom. The van der Waals surface area contributed by atoms with Crippen LogP contribution in [0.3, 0.4) is 0 Å². The predicted octanol–water partition coefficient (Wildman–Crippen LogP) is 3.41. The zero-order valence-corrected chi connectivity index (χ0v) is 10.5. The summed E-state index contributed by atoms with van der Waals surface area (Å²) < 4.78 is 16.5. The summed E-state index contributed by atoms with van der Waals surface area (Å²) in [6.45, 7) is 6.60. The van der Waals surface area contributed by atoms with Crippen molar-refractivity contribution in [1.82, 2.24) is 9.71 Å². The Hall–Kier alpha value is -0.320. The van der Waals surface area contributed by atoms with Crippen LogP contribution < -0.4 is 4.72 Å². The Bertz CT molecular complexity index is 339. The maximum Gasteiger partial charge on any atom is 0.164 e. The number of nitrogens with zero attached hydrogens (tertiary/aromatic N) is 1. The second-order valence-electron chi connectivity index (χ2n) is 4.09. The van der Waals surface area contributed by atoms with Crippen LogP contribution in [0.5, 0.6) is 0 Å². The highest BCUT2D eigenvalue weighted by Gasteiger charge is 2.12. The first-order valence-electron chi connectivity index (χ1n) is 4.60. The average Bonchev–Trinajstić information content (AvgIpc) is 2.10. The standard InChI is InChI=1S/C10H14ClFN2S/c1-10(2,3)15-14-6-8-9(12)7(11)4-5-13-8/h4-5,14H,6H2,1-3H3. The van der Waals surface area contributed by atoms with Gasteiger partial charge in [0.05, 0.1) is 17.3 Å². The smallest absolute Gasteiger partial charge is 0.164 e. The number of hydrogen-bond acceptors (Lipinski definition) is 3. The lowest BCUT2D eigenvalue weighted by atomic mass is 10.3. The average molecular weight is 249 g/mol. The van der Waals surface area contributed by atoms with E-state index in [9.17, 15) is 4.39 Å². The van der Waals surface area contributed by atoms with E-state index >= 15 is 0 Å². The fraction of sp³-hybridized carbons (Fsp3) is 0.500. The molecule has 0 atom stereocenters. The molecule has 0 fully saturated rings. The van der Waals surface area contributed by atoms with Crippen molar-refractivity contribution in [3.8, 4) is 0 Å². The van der Waals surface area contributed by atoms with Crippen LogP contribution in [0.15, 0.2) is 12.3 Å². The van der Waals surface area contributed by atoms with Crippen molar-refractivity contribution < 1.29 is 4.39 Å². The third-order valence-corrected chi connectivity index (χ3v) is 2.73. The quantitative estimate of drug-likeness (QED) is 0.830. The summed E-state index contributed by atoms with van der Waals surface area (Å²) in [7, 11) is 0. The van der Waals surface area contributed by atoms with Gasteiger partial charge in [-0.05, 0) is 26.8 Å². The molecule has 0 aliphatic carbocycles. The van der Waals surface area contributed by atoms with Crippen LogP contribution >= 0.6 is 23.5 Å². The van der Waals surface area contributed by atoms with Crippen molar-refractivity contribution in [2.45, 2.75) is 32.1 Å². The molecule has 15 heavy (non-hydrogen) atoms. The summed E-state index contributed by atoms with van der Waals surface area (Å²) >= 11 is 7.18. The molecular formula is C10H14ClFN2S. The van der Waals surface area contributed by atoms with Gasteiger partial charge in [-0.2, -0.15) is 0 Å². The third kappa shape index (κ3) is 4.36. The first-order valence-corrected chi connectivity index (χ1v) is 5.79. The molecule has 0 amide bonds. The zero-order valence-electron chi connectivity index (χ0n) is 8.97. The van der Waals surface area contributed by atoms with Crippen molar-refractivity contribution >= 4 is 23.5 Å². The highest BCUT2D eigenvalue weighted by Crippen LogP contribution is 2.21. The molecule has 1 heterocycles. The van der Waals surface area contributed by atoms with E-state index in [1.807, 2.05) is 0 Å². The zero-order chi connectivity index (χ0) is 11.5. The Morgan fingerprint density at radius 3 is 2.80 bits per heavy atom. The first kappa shape index (κ1) is 12.7. The fourth-order valence-corrected chi connectivity index (χ4v) is 1.71. The first-order chi connectivity index (χ1) is 6.90. The Balaban J connectivity index is 2.55. The third-order valence-electron chi connectivity index (χ3n) is 1.53. The van der Waals surface area contributed by atoms with Crippen LogP contribution in [0.2, 0.25) is 5.02 Å². The van der Waals surface area contributed by atoms with Crippen molar-refractivity contribution in [3.05, 3.63) is 28.8 Å². The lowest BCUT2D eigenvalue weighted by molar-refractivity contribution is 0.596. The molecule has 5 heteroatoms. The SMILES string of the molecule is CC(C)(C)SNCc1nccc(Cl)c1F. The predicted molar refractivity (Wildman–Crippen MR) is 63.4 cm³/mol. The number of pyridine rings is 1. The van der Waals surface area contributed by atoms with E-state index in [-0.39, 0.29) is 9.77 Å². The van der Waals surface area contributed by atoms with Gasteiger partial charge in [0.1, 0.15) is 0 Å². The minimum atomic E-state index is -0.443. The number of nitrogens with one attached hydrogen (secondary N) is 1. The van der Waals surface area contributed by atoms with Gasteiger partial charge in [0.2, 0.25) is 0 Å². The number of rotatable bonds is 3. The summed E-state index contributed by atoms with van der Waals surface area (Å²) in [6.07, 6.45) is 1.50. The number of halogens is 2. The molecule has 84 valence electrons. The summed E-state index contributed by atoms with van der Waals surface area (Å²) in [5.41, 5.74) is 0.347. The maximum absolute atomic E-state index is 13.4. The van der Waals surface area contributed by atoms with E-state index in [4.69, 9.17) is 11.6 Å². The van der Waals surface area contributed by atoms with E-state index in [2.05, 4.69) is 30.5 Å². The second-order valence-corrected chi connectivity index (χ2v) is 6.21. The number of hydrogen-bond donors (Lipinski definition) is 1. The summed E-state index contributed by atoms with van der Waals surface area (Å²) in [5, 5.41) is 0.113. The highest BCUT2D eigenvalue weighted by molar-refractivity contribution is 7.98.